The number of hydrogen-bond acceptors (Lipinski definition) is 4. The van der Waals surface area contributed by atoms with Gasteiger partial charge >= 0.3 is 0 Å². The second-order valence-electron chi connectivity index (χ2n) is 6.66. The van der Waals surface area contributed by atoms with Gasteiger partial charge in [-0.3, -0.25) is 4.79 Å². The summed E-state index contributed by atoms with van der Waals surface area (Å²) in [4.78, 5) is 17.1. The summed E-state index contributed by atoms with van der Waals surface area (Å²) < 4.78 is 11.4. The van der Waals surface area contributed by atoms with Crippen LogP contribution in [0.4, 0.5) is 5.69 Å². The Bertz CT molecular complexity index is 1220. The predicted molar refractivity (Wildman–Crippen MR) is 120 cm³/mol. The van der Waals surface area contributed by atoms with E-state index in [-0.39, 0.29) is 5.91 Å². The van der Waals surface area contributed by atoms with Gasteiger partial charge in [-0.05, 0) is 61.0 Å². The van der Waals surface area contributed by atoms with E-state index in [1.165, 1.54) is 0 Å². The van der Waals surface area contributed by atoms with Gasteiger partial charge in [0.25, 0.3) is 5.91 Å². The van der Waals surface area contributed by atoms with Crippen LogP contribution in [0.3, 0.4) is 0 Å². The smallest absolute Gasteiger partial charge is 0.255 e. The number of nitrogens with one attached hydrogen (secondary N) is 1. The minimum atomic E-state index is -0.238. The van der Waals surface area contributed by atoms with Crippen molar-refractivity contribution in [2.24, 2.45) is 0 Å². The van der Waals surface area contributed by atoms with Gasteiger partial charge in [0, 0.05) is 16.3 Å². The molecule has 0 aliphatic rings. The summed E-state index contributed by atoms with van der Waals surface area (Å²) in [6.45, 7) is 2.63. The van der Waals surface area contributed by atoms with Crippen LogP contribution >= 0.6 is 23.2 Å². The molecule has 4 aromatic rings. The Morgan fingerprint density at radius 2 is 1.97 bits per heavy atom. The zero-order valence-corrected chi connectivity index (χ0v) is 17.6. The molecule has 0 spiro atoms. The van der Waals surface area contributed by atoms with Gasteiger partial charge in [-0.25, -0.2) is 4.98 Å². The highest BCUT2D eigenvalue weighted by molar-refractivity contribution is 6.35. The van der Waals surface area contributed by atoms with E-state index in [1.54, 1.807) is 54.6 Å². The molecular weight excluding hydrogens is 423 g/mol. The van der Waals surface area contributed by atoms with Gasteiger partial charge in [0.15, 0.2) is 5.58 Å². The lowest BCUT2D eigenvalue weighted by Crippen LogP contribution is -2.12. The summed E-state index contributed by atoms with van der Waals surface area (Å²) in [6.07, 6.45) is 0.899. The molecule has 0 aliphatic carbocycles. The first-order valence-corrected chi connectivity index (χ1v) is 10.2. The molecular formula is C23H18Cl2N2O3. The van der Waals surface area contributed by atoms with Crippen LogP contribution in [0.1, 0.15) is 23.7 Å². The third-order valence-electron chi connectivity index (χ3n) is 4.37. The second-order valence-corrected chi connectivity index (χ2v) is 7.50. The number of halogens is 2. The van der Waals surface area contributed by atoms with E-state index in [4.69, 9.17) is 32.4 Å². The number of rotatable bonds is 6. The van der Waals surface area contributed by atoms with Crippen LogP contribution < -0.4 is 10.1 Å². The number of amides is 1. The monoisotopic (exact) mass is 440 g/mol. The molecule has 0 bridgehead atoms. The number of ether oxygens (including phenoxy) is 1. The van der Waals surface area contributed by atoms with Gasteiger partial charge in [-0.15, -0.1) is 0 Å². The van der Waals surface area contributed by atoms with Gasteiger partial charge in [0.2, 0.25) is 5.89 Å². The first-order chi connectivity index (χ1) is 14.5. The molecule has 1 heterocycles. The minimum Gasteiger partial charge on any atom is -0.494 e. The number of carbonyl (C=O) groups is 1. The second kappa shape index (κ2) is 8.78. The molecule has 1 N–H and O–H groups in total. The Kier molecular flexibility index (Phi) is 5.93. The summed E-state index contributed by atoms with van der Waals surface area (Å²) in [7, 11) is 0. The lowest BCUT2D eigenvalue weighted by Gasteiger charge is -2.08. The summed E-state index contributed by atoms with van der Waals surface area (Å²) in [5.74, 6) is 0.791. The zero-order valence-electron chi connectivity index (χ0n) is 16.1. The minimum absolute atomic E-state index is 0.238. The maximum atomic E-state index is 12.6. The molecule has 0 radical (unpaired) electrons. The molecule has 152 valence electrons. The molecule has 7 heteroatoms. The number of aromatic nitrogens is 1. The number of nitrogens with zero attached hydrogens (tertiary/aromatic N) is 1. The number of fused-ring (bicyclic) bond motifs is 1. The molecule has 0 aliphatic heterocycles. The number of hydrogen-bond donors (Lipinski definition) is 1. The van der Waals surface area contributed by atoms with Gasteiger partial charge in [0.1, 0.15) is 11.3 Å². The molecule has 5 nitrogen and oxygen atoms in total. The van der Waals surface area contributed by atoms with Crippen LogP contribution in [0.5, 0.6) is 5.75 Å². The third kappa shape index (κ3) is 4.42. The Hall–Kier alpha value is -3.02. The average Bonchev–Trinajstić information content (AvgIpc) is 3.17. The summed E-state index contributed by atoms with van der Waals surface area (Å²) in [6, 6.07) is 17.4. The summed E-state index contributed by atoms with van der Waals surface area (Å²) in [5, 5.41) is 3.91. The molecule has 3 aromatic carbocycles. The molecule has 1 amide bonds. The molecule has 0 atom stereocenters. The molecule has 0 fully saturated rings. The molecule has 0 saturated heterocycles. The van der Waals surface area contributed by atoms with Crippen molar-refractivity contribution in [3.05, 3.63) is 76.3 Å². The molecule has 0 unspecified atom stereocenters. The van der Waals surface area contributed by atoms with Crippen LogP contribution in [0.15, 0.2) is 65.1 Å². The van der Waals surface area contributed by atoms with E-state index in [1.807, 2.05) is 13.0 Å². The largest absolute Gasteiger partial charge is 0.494 e. The topological polar surface area (TPSA) is 64.4 Å². The third-order valence-corrected chi connectivity index (χ3v) is 4.94. The van der Waals surface area contributed by atoms with Crippen molar-refractivity contribution in [1.82, 2.24) is 4.98 Å². The molecule has 4 rings (SSSR count). The maximum absolute atomic E-state index is 12.6. The van der Waals surface area contributed by atoms with Gasteiger partial charge in [-0.2, -0.15) is 0 Å². The Morgan fingerprint density at radius 1 is 1.10 bits per heavy atom. The highest BCUT2D eigenvalue weighted by atomic mass is 35.5. The van der Waals surface area contributed by atoms with E-state index < -0.39 is 0 Å². The first kappa shape index (κ1) is 20.3. The average molecular weight is 441 g/mol. The fourth-order valence-corrected chi connectivity index (χ4v) is 3.30. The van der Waals surface area contributed by atoms with E-state index in [9.17, 15) is 4.79 Å². The summed E-state index contributed by atoms with van der Waals surface area (Å²) >= 11 is 12.3. The standard InChI is InChI=1S/C23H18Cl2N2O3/c1-2-10-29-17-5-3-4-14(11-17)22(28)26-16-7-9-21-20(13-16)27-23(30-21)18-12-15(24)6-8-19(18)25/h3-9,11-13H,2,10H2,1H3,(H,26,28). The van der Waals surface area contributed by atoms with Crippen LogP contribution in [-0.4, -0.2) is 17.5 Å². The van der Waals surface area contributed by atoms with Gasteiger partial charge in [-0.1, -0.05) is 36.2 Å². The van der Waals surface area contributed by atoms with E-state index in [0.29, 0.717) is 56.2 Å². The maximum Gasteiger partial charge on any atom is 0.255 e. The van der Waals surface area contributed by atoms with E-state index in [2.05, 4.69) is 10.3 Å². The molecule has 30 heavy (non-hydrogen) atoms. The van der Waals surface area contributed by atoms with Crippen LogP contribution in [-0.2, 0) is 0 Å². The normalized spacial score (nSPS) is 10.9. The highest BCUT2D eigenvalue weighted by Gasteiger charge is 2.14. The van der Waals surface area contributed by atoms with Crippen molar-refractivity contribution >= 4 is 45.9 Å². The van der Waals surface area contributed by atoms with Crippen LogP contribution in [0.2, 0.25) is 10.0 Å². The number of anilines is 1. The zero-order chi connectivity index (χ0) is 21.1. The fraction of sp³-hybridized carbons (Fsp3) is 0.130. The van der Waals surface area contributed by atoms with Crippen molar-refractivity contribution in [2.75, 3.05) is 11.9 Å². The Labute approximate surface area is 183 Å². The fourth-order valence-electron chi connectivity index (χ4n) is 2.93. The Balaban J connectivity index is 1.57. The van der Waals surface area contributed by atoms with Crippen molar-refractivity contribution < 1.29 is 13.9 Å². The van der Waals surface area contributed by atoms with Gasteiger partial charge in [0.05, 0.1) is 17.2 Å². The quantitative estimate of drug-likeness (QED) is 0.356. The lowest BCUT2D eigenvalue weighted by molar-refractivity contribution is 0.102. The molecule has 0 saturated carbocycles. The van der Waals surface area contributed by atoms with Crippen molar-refractivity contribution in [2.45, 2.75) is 13.3 Å². The van der Waals surface area contributed by atoms with Gasteiger partial charge < -0.3 is 14.5 Å². The highest BCUT2D eigenvalue weighted by Crippen LogP contribution is 2.33. The predicted octanol–water partition coefficient (Wildman–Crippen LogP) is 6.84. The van der Waals surface area contributed by atoms with Crippen LogP contribution in [0.25, 0.3) is 22.6 Å². The van der Waals surface area contributed by atoms with Crippen molar-refractivity contribution in [3.8, 4) is 17.2 Å². The Morgan fingerprint density at radius 3 is 2.80 bits per heavy atom. The summed E-state index contributed by atoms with van der Waals surface area (Å²) in [5.41, 5.74) is 2.89. The van der Waals surface area contributed by atoms with E-state index >= 15 is 0 Å². The van der Waals surface area contributed by atoms with Crippen molar-refractivity contribution in [3.63, 3.8) is 0 Å². The number of oxazole rings is 1. The van der Waals surface area contributed by atoms with Crippen LogP contribution in [0, 0.1) is 0 Å². The SMILES string of the molecule is CCCOc1cccc(C(=O)Nc2ccc3oc(-c4cc(Cl)ccc4Cl)nc3c2)c1. The number of benzene rings is 3. The first-order valence-electron chi connectivity index (χ1n) is 9.43. The molecule has 1 aromatic heterocycles. The van der Waals surface area contributed by atoms with Crippen molar-refractivity contribution in [1.29, 1.82) is 0 Å². The number of carbonyl (C=O) groups excluding carboxylic acids is 1. The lowest BCUT2D eigenvalue weighted by atomic mass is 10.2. The van der Waals surface area contributed by atoms with E-state index in [0.717, 1.165) is 6.42 Å².